The van der Waals surface area contributed by atoms with Crippen LogP contribution in [0.2, 0.25) is 5.02 Å². The van der Waals surface area contributed by atoms with Gasteiger partial charge in [0.25, 0.3) is 0 Å². The second-order valence-corrected chi connectivity index (χ2v) is 9.25. The van der Waals surface area contributed by atoms with Gasteiger partial charge in [-0.1, -0.05) is 11.6 Å². The number of nitrogens with one attached hydrogen (secondary N) is 2. The first-order chi connectivity index (χ1) is 8.60. The Bertz CT molecular complexity index is 564. The number of rotatable bonds is 5. The fourth-order valence-corrected chi connectivity index (χ4v) is 4.88. The maximum atomic E-state index is 12.0. The molecule has 0 aliphatic rings. The third-order valence-electron chi connectivity index (χ3n) is 2.43. The highest BCUT2D eigenvalue weighted by atomic mass is 79.9. The molecule has 0 saturated heterocycles. The van der Waals surface area contributed by atoms with Gasteiger partial charge in [-0.2, -0.15) is 0 Å². The van der Waals surface area contributed by atoms with E-state index in [0.29, 0.717) is 8.81 Å². The summed E-state index contributed by atoms with van der Waals surface area (Å²) in [5, 5.41) is 2.84. The SMILES string of the molecule is CNC(=O)C(C)(C)CNS(=O)(=O)c1cc(Cl)c(Br)s1. The quantitative estimate of drug-likeness (QED) is 0.811. The zero-order valence-corrected chi connectivity index (χ0v) is 14.6. The van der Waals surface area contributed by atoms with E-state index in [4.69, 9.17) is 11.6 Å². The fourth-order valence-electron chi connectivity index (χ4n) is 1.22. The van der Waals surface area contributed by atoms with E-state index < -0.39 is 15.4 Å². The number of amides is 1. The van der Waals surface area contributed by atoms with E-state index in [9.17, 15) is 13.2 Å². The van der Waals surface area contributed by atoms with Crippen LogP contribution in [0, 0.1) is 5.41 Å². The first-order valence-corrected chi connectivity index (χ1v) is 8.74. The summed E-state index contributed by atoms with van der Waals surface area (Å²) in [5.41, 5.74) is -0.833. The molecule has 0 fully saturated rings. The highest BCUT2D eigenvalue weighted by Gasteiger charge is 2.29. The van der Waals surface area contributed by atoms with Crippen LogP contribution in [0.1, 0.15) is 13.8 Å². The zero-order chi connectivity index (χ0) is 14.8. The molecule has 19 heavy (non-hydrogen) atoms. The Balaban J connectivity index is 2.85. The summed E-state index contributed by atoms with van der Waals surface area (Å²) in [4.78, 5) is 11.6. The maximum absolute atomic E-state index is 12.0. The van der Waals surface area contributed by atoms with Crippen molar-refractivity contribution in [2.24, 2.45) is 5.41 Å². The average Bonchev–Trinajstić information content (AvgIpc) is 2.67. The van der Waals surface area contributed by atoms with Crippen molar-refractivity contribution in [1.29, 1.82) is 0 Å². The van der Waals surface area contributed by atoms with Gasteiger partial charge < -0.3 is 5.32 Å². The van der Waals surface area contributed by atoms with Crippen LogP contribution in [-0.4, -0.2) is 27.9 Å². The molecule has 0 unspecified atom stereocenters. The van der Waals surface area contributed by atoms with Gasteiger partial charge in [0.15, 0.2) is 0 Å². The molecule has 0 aliphatic carbocycles. The van der Waals surface area contributed by atoms with Gasteiger partial charge in [0.05, 0.1) is 14.2 Å². The van der Waals surface area contributed by atoms with Crippen LogP contribution in [-0.2, 0) is 14.8 Å². The van der Waals surface area contributed by atoms with E-state index in [1.807, 2.05) is 0 Å². The van der Waals surface area contributed by atoms with Crippen molar-refractivity contribution in [3.63, 3.8) is 0 Å². The van der Waals surface area contributed by atoms with Crippen LogP contribution in [0.5, 0.6) is 0 Å². The third kappa shape index (κ3) is 4.16. The van der Waals surface area contributed by atoms with Crippen molar-refractivity contribution in [2.75, 3.05) is 13.6 Å². The van der Waals surface area contributed by atoms with Crippen molar-refractivity contribution >= 4 is 54.8 Å². The average molecular weight is 390 g/mol. The summed E-state index contributed by atoms with van der Waals surface area (Å²) >= 11 is 9.99. The molecule has 5 nitrogen and oxygen atoms in total. The summed E-state index contributed by atoms with van der Waals surface area (Å²) in [5.74, 6) is -0.236. The molecule has 0 aromatic carbocycles. The Morgan fingerprint density at radius 1 is 1.53 bits per heavy atom. The minimum atomic E-state index is -3.66. The highest BCUT2D eigenvalue weighted by Crippen LogP contribution is 2.34. The first kappa shape index (κ1) is 16.9. The molecule has 1 heterocycles. The van der Waals surface area contributed by atoms with E-state index in [1.165, 1.54) is 13.1 Å². The van der Waals surface area contributed by atoms with Gasteiger partial charge in [0, 0.05) is 13.6 Å². The smallest absolute Gasteiger partial charge is 0.250 e. The number of thiophene rings is 1. The normalized spacial score (nSPS) is 12.5. The molecule has 1 rings (SSSR count). The van der Waals surface area contributed by atoms with Crippen LogP contribution in [0.25, 0.3) is 0 Å². The van der Waals surface area contributed by atoms with Crippen LogP contribution in [0.3, 0.4) is 0 Å². The Morgan fingerprint density at radius 3 is 2.53 bits per heavy atom. The monoisotopic (exact) mass is 388 g/mol. The van der Waals surface area contributed by atoms with Crippen molar-refractivity contribution in [3.05, 3.63) is 14.9 Å². The van der Waals surface area contributed by atoms with Crippen LogP contribution < -0.4 is 10.0 Å². The predicted octanol–water partition coefficient (Wildman–Crippen LogP) is 2.21. The summed E-state index contributed by atoms with van der Waals surface area (Å²) in [6.45, 7) is 3.32. The van der Waals surface area contributed by atoms with Crippen LogP contribution in [0.4, 0.5) is 0 Å². The number of carbonyl (C=O) groups is 1. The van der Waals surface area contributed by atoms with Gasteiger partial charge in [-0.25, -0.2) is 13.1 Å². The van der Waals surface area contributed by atoms with Gasteiger partial charge >= 0.3 is 0 Å². The summed E-state index contributed by atoms with van der Waals surface area (Å²) in [6.07, 6.45) is 0. The first-order valence-electron chi connectivity index (χ1n) is 5.27. The molecule has 0 radical (unpaired) electrons. The lowest BCUT2D eigenvalue weighted by Gasteiger charge is -2.22. The molecule has 108 valence electrons. The molecule has 0 atom stereocenters. The molecule has 1 aromatic heterocycles. The summed E-state index contributed by atoms with van der Waals surface area (Å²) in [6, 6.07) is 1.37. The number of hydrogen-bond acceptors (Lipinski definition) is 4. The minimum absolute atomic E-state index is 0.00213. The zero-order valence-electron chi connectivity index (χ0n) is 10.6. The predicted molar refractivity (Wildman–Crippen MR) is 80.1 cm³/mol. The Kier molecular flexibility index (Phi) is 5.42. The molecule has 9 heteroatoms. The van der Waals surface area contributed by atoms with E-state index in [-0.39, 0.29) is 16.7 Å². The van der Waals surface area contributed by atoms with Crippen molar-refractivity contribution in [3.8, 4) is 0 Å². The maximum Gasteiger partial charge on any atom is 0.250 e. The van der Waals surface area contributed by atoms with Gasteiger partial charge in [-0.05, 0) is 35.8 Å². The summed E-state index contributed by atoms with van der Waals surface area (Å²) in [7, 11) is -2.15. The lowest BCUT2D eigenvalue weighted by Crippen LogP contribution is -2.43. The number of sulfonamides is 1. The lowest BCUT2D eigenvalue weighted by molar-refractivity contribution is -0.128. The second-order valence-electron chi connectivity index (χ2n) is 4.47. The molecular weight excluding hydrogens is 376 g/mol. The summed E-state index contributed by atoms with van der Waals surface area (Å²) < 4.78 is 27.2. The molecule has 1 amide bonds. The Labute approximate surface area is 129 Å². The van der Waals surface area contributed by atoms with E-state index in [1.54, 1.807) is 13.8 Å². The van der Waals surface area contributed by atoms with Gasteiger partial charge in [-0.15, -0.1) is 11.3 Å². The Hall–Kier alpha value is -0.150. The number of halogens is 2. The van der Waals surface area contributed by atoms with Gasteiger partial charge in [0.1, 0.15) is 4.21 Å². The molecule has 0 saturated carbocycles. The highest BCUT2D eigenvalue weighted by molar-refractivity contribution is 9.11. The van der Waals surface area contributed by atoms with Crippen molar-refractivity contribution in [1.82, 2.24) is 10.0 Å². The topological polar surface area (TPSA) is 75.3 Å². The Morgan fingerprint density at radius 2 is 2.11 bits per heavy atom. The largest absolute Gasteiger partial charge is 0.359 e. The van der Waals surface area contributed by atoms with E-state index in [0.717, 1.165) is 11.3 Å². The third-order valence-corrected chi connectivity index (χ3v) is 6.78. The van der Waals surface area contributed by atoms with Crippen molar-refractivity contribution < 1.29 is 13.2 Å². The number of carbonyl (C=O) groups excluding carboxylic acids is 1. The van der Waals surface area contributed by atoms with Gasteiger partial charge in [-0.3, -0.25) is 4.79 Å². The van der Waals surface area contributed by atoms with E-state index >= 15 is 0 Å². The standard InChI is InChI=1S/C10H14BrClN2O3S2/c1-10(2,9(15)13-3)5-14-19(16,17)7-4-6(12)8(11)18-7/h4,14H,5H2,1-3H3,(H,13,15). The lowest BCUT2D eigenvalue weighted by atomic mass is 9.93. The fraction of sp³-hybridized carbons (Fsp3) is 0.500. The van der Waals surface area contributed by atoms with Crippen LogP contribution >= 0.6 is 38.9 Å². The van der Waals surface area contributed by atoms with Crippen molar-refractivity contribution in [2.45, 2.75) is 18.1 Å². The minimum Gasteiger partial charge on any atom is -0.359 e. The molecule has 1 aromatic rings. The molecule has 0 spiro atoms. The molecule has 0 aliphatic heterocycles. The van der Waals surface area contributed by atoms with Gasteiger partial charge in [0.2, 0.25) is 15.9 Å². The van der Waals surface area contributed by atoms with E-state index in [2.05, 4.69) is 26.0 Å². The molecule has 0 bridgehead atoms. The second kappa shape index (κ2) is 6.09. The molecular formula is C10H14BrClN2O3S2. The molecule has 2 N–H and O–H groups in total. The van der Waals surface area contributed by atoms with Crippen LogP contribution in [0.15, 0.2) is 14.1 Å². The number of hydrogen-bond donors (Lipinski definition) is 2.